The lowest BCUT2D eigenvalue weighted by Crippen LogP contribution is -2.53. The van der Waals surface area contributed by atoms with Gasteiger partial charge in [0.15, 0.2) is 0 Å². The van der Waals surface area contributed by atoms with Gasteiger partial charge in [-0.3, -0.25) is 19.7 Å². The number of hydrogen-bond donors (Lipinski definition) is 3. The number of amides is 3. The number of hydrogen-bond acceptors (Lipinski definition) is 5. The quantitative estimate of drug-likeness (QED) is 0.354. The van der Waals surface area contributed by atoms with Crippen molar-refractivity contribution in [1.29, 1.82) is 0 Å². The standard InChI is InChI=1S/C31H28N4O4/c1-16-8-13-22-27(17(16)2)33-30(38)31(22)26-25(24(34-31)14-18-15-32-23-7-5-4-6-21(18)23)28(36)35(29(26)37)19-9-11-20(39-3)12-10-19/h4-13,15,24-26,32,34H,14H2,1-3H3,(H,33,38)/t24?,25-,26+,31?/m1/s1. The van der Waals surface area contributed by atoms with Crippen molar-refractivity contribution in [1.82, 2.24) is 10.3 Å². The highest BCUT2D eigenvalue weighted by Gasteiger charge is 2.70. The van der Waals surface area contributed by atoms with Crippen LogP contribution in [0.2, 0.25) is 0 Å². The van der Waals surface area contributed by atoms with Gasteiger partial charge in [0.05, 0.1) is 24.6 Å². The Labute approximate surface area is 225 Å². The molecule has 7 rings (SSSR count). The average molecular weight is 521 g/mol. The second-order valence-electron chi connectivity index (χ2n) is 10.7. The van der Waals surface area contributed by atoms with Gasteiger partial charge in [0.25, 0.3) is 0 Å². The zero-order chi connectivity index (χ0) is 27.1. The monoisotopic (exact) mass is 520 g/mol. The number of rotatable bonds is 4. The summed E-state index contributed by atoms with van der Waals surface area (Å²) in [6.45, 7) is 3.96. The maximum Gasteiger partial charge on any atom is 0.250 e. The second-order valence-corrected chi connectivity index (χ2v) is 10.7. The van der Waals surface area contributed by atoms with Crippen molar-refractivity contribution in [2.24, 2.45) is 11.8 Å². The fraction of sp³-hybridized carbons (Fsp3) is 0.258. The summed E-state index contributed by atoms with van der Waals surface area (Å²) in [5, 5.41) is 7.68. The molecule has 8 nitrogen and oxygen atoms in total. The third-order valence-corrected chi connectivity index (χ3v) is 8.87. The van der Waals surface area contributed by atoms with Gasteiger partial charge in [0, 0.05) is 34.4 Å². The number of H-pyrrole nitrogens is 1. The van der Waals surface area contributed by atoms with Crippen LogP contribution < -0.4 is 20.3 Å². The van der Waals surface area contributed by atoms with Crippen LogP contribution in [0.1, 0.15) is 22.3 Å². The molecule has 0 radical (unpaired) electrons. The largest absolute Gasteiger partial charge is 0.497 e. The number of methoxy groups -OCH3 is 1. The summed E-state index contributed by atoms with van der Waals surface area (Å²) in [4.78, 5) is 46.8. The fourth-order valence-corrected chi connectivity index (χ4v) is 6.82. The lowest BCUT2D eigenvalue weighted by atomic mass is 9.75. The van der Waals surface area contributed by atoms with E-state index in [0.717, 1.165) is 38.8 Å². The average Bonchev–Trinajstić information content (AvgIpc) is 3.65. The Bertz CT molecular complexity index is 1690. The van der Waals surface area contributed by atoms with Crippen molar-refractivity contribution in [3.05, 3.63) is 89.1 Å². The Morgan fingerprint density at radius 2 is 1.72 bits per heavy atom. The van der Waals surface area contributed by atoms with Gasteiger partial charge in [-0.25, -0.2) is 4.90 Å². The predicted octanol–water partition coefficient (Wildman–Crippen LogP) is 3.96. The first-order chi connectivity index (χ1) is 18.8. The van der Waals surface area contributed by atoms with Gasteiger partial charge in [-0.2, -0.15) is 0 Å². The number of benzene rings is 3. The second kappa shape index (κ2) is 8.28. The number of carbonyl (C=O) groups is 3. The van der Waals surface area contributed by atoms with Crippen LogP contribution in [0.15, 0.2) is 66.9 Å². The Morgan fingerprint density at radius 3 is 2.49 bits per heavy atom. The highest BCUT2D eigenvalue weighted by atomic mass is 16.5. The van der Waals surface area contributed by atoms with Crippen LogP contribution in [0, 0.1) is 25.7 Å². The number of nitrogens with zero attached hydrogens (tertiary/aromatic N) is 1. The van der Waals surface area contributed by atoms with Crippen LogP contribution in [0.25, 0.3) is 10.9 Å². The van der Waals surface area contributed by atoms with Crippen LogP contribution in [0.5, 0.6) is 5.75 Å². The number of para-hydroxylation sites is 1. The molecule has 1 spiro atoms. The van der Waals surface area contributed by atoms with E-state index in [1.165, 1.54) is 4.90 Å². The normalized spacial score (nSPS) is 25.5. The number of aromatic nitrogens is 1. The zero-order valence-corrected chi connectivity index (χ0v) is 21.9. The molecule has 1 aromatic heterocycles. The Kier molecular flexibility index (Phi) is 5.03. The molecule has 0 saturated carbocycles. The van der Waals surface area contributed by atoms with Crippen molar-refractivity contribution in [2.75, 3.05) is 17.3 Å². The van der Waals surface area contributed by atoms with Crippen molar-refractivity contribution >= 4 is 40.0 Å². The molecule has 3 amide bonds. The van der Waals surface area contributed by atoms with Gasteiger partial charge >= 0.3 is 0 Å². The molecule has 8 heteroatoms. The summed E-state index contributed by atoms with van der Waals surface area (Å²) in [5.74, 6) is -1.93. The lowest BCUT2D eigenvalue weighted by molar-refractivity contribution is -0.130. The smallest absolute Gasteiger partial charge is 0.250 e. The molecular weight excluding hydrogens is 492 g/mol. The summed E-state index contributed by atoms with van der Waals surface area (Å²) in [7, 11) is 1.57. The van der Waals surface area contributed by atoms with Gasteiger partial charge in [-0.1, -0.05) is 30.3 Å². The molecule has 2 saturated heterocycles. The summed E-state index contributed by atoms with van der Waals surface area (Å²) in [6, 6.07) is 18.3. The highest BCUT2D eigenvalue weighted by Crippen LogP contribution is 2.54. The first-order valence-electron chi connectivity index (χ1n) is 13.1. The molecule has 3 N–H and O–H groups in total. The van der Waals surface area contributed by atoms with E-state index < -0.39 is 23.4 Å². The molecule has 0 bridgehead atoms. The van der Waals surface area contributed by atoms with E-state index in [1.54, 1.807) is 31.4 Å². The molecule has 4 heterocycles. The number of nitrogens with one attached hydrogen (secondary N) is 3. The molecule has 196 valence electrons. The van der Waals surface area contributed by atoms with Crippen LogP contribution >= 0.6 is 0 Å². The highest BCUT2D eigenvalue weighted by molar-refractivity contribution is 6.26. The van der Waals surface area contributed by atoms with E-state index >= 15 is 0 Å². The number of carbonyl (C=O) groups excluding carboxylic acids is 3. The number of anilines is 2. The van der Waals surface area contributed by atoms with Gasteiger partial charge in [0.1, 0.15) is 11.3 Å². The molecule has 2 unspecified atom stereocenters. The summed E-state index contributed by atoms with van der Waals surface area (Å²) in [6.07, 6.45) is 2.43. The summed E-state index contributed by atoms with van der Waals surface area (Å²) in [5.41, 5.74) is 4.61. The van der Waals surface area contributed by atoms with E-state index in [-0.39, 0.29) is 17.7 Å². The number of fused-ring (bicyclic) bond motifs is 5. The number of aromatic amines is 1. The van der Waals surface area contributed by atoms with E-state index in [0.29, 0.717) is 17.9 Å². The van der Waals surface area contributed by atoms with Crippen molar-refractivity contribution < 1.29 is 19.1 Å². The molecule has 3 aromatic carbocycles. The molecule has 4 aromatic rings. The van der Waals surface area contributed by atoms with Crippen molar-refractivity contribution in [3.63, 3.8) is 0 Å². The fourth-order valence-electron chi connectivity index (χ4n) is 6.82. The van der Waals surface area contributed by atoms with Crippen LogP contribution in [-0.2, 0) is 26.3 Å². The van der Waals surface area contributed by atoms with Crippen molar-refractivity contribution in [3.8, 4) is 5.75 Å². The molecule has 2 fully saturated rings. The zero-order valence-electron chi connectivity index (χ0n) is 21.9. The molecule has 4 atom stereocenters. The van der Waals surface area contributed by atoms with Crippen LogP contribution in [0.3, 0.4) is 0 Å². The van der Waals surface area contributed by atoms with Crippen LogP contribution in [-0.4, -0.2) is 35.9 Å². The predicted molar refractivity (Wildman–Crippen MR) is 148 cm³/mol. The molecular formula is C31H28N4O4. The third kappa shape index (κ3) is 3.12. The maximum absolute atomic E-state index is 14.2. The van der Waals surface area contributed by atoms with Gasteiger partial charge in [-0.05, 0) is 67.3 Å². The van der Waals surface area contributed by atoms with E-state index in [1.807, 2.05) is 56.4 Å². The Morgan fingerprint density at radius 1 is 0.949 bits per heavy atom. The van der Waals surface area contributed by atoms with Gasteiger partial charge < -0.3 is 15.0 Å². The Hall–Kier alpha value is -4.43. The minimum absolute atomic E-state index is 0.291. The SMILES string of the molecule is COc1ccc(N2C(=O)[C@@H]3C(Cc4c[nH]c5ccccc45)NC4(C(=O)Nc5c4ccc(C)c5C)[C@@H]3C2=O)cc1. The van der Waals surface area contributed by atoms with Gasteiger partial charge in [0.2, 0.25) is 17.7 Å². The van der Waals surface area contributed by atoms with E-state index in [9.17, 15) is 14.4 Å². The third-order valence-electron chi connectivity index (χ3n) is 8.87. The number of aryl methyl sites for hydroxylation is 1. The number of ether oxygens (including phenoxy) is 1. The minimum atomic E-state index is -1.34. The Balaban J connectivity index is 1.38. The minimum Gasteiger partial charge on any atom is -0.497 e. The molecule has 0 aliphatic carbocycles. The lowest BCUT2D eigenvalue weighted by Gasteiger charge is -2.29. The van der Waals surface area contributed by atoms with Gasteiger partial charge in [-0.15, -0.1) is 0 Å². The molecule has 3 aliphatic rings. The topological polar surface area (TPSA) is 104 Å². The molecule has 39 heavy (non-hydrogen) atoms. The number of imide groups is 1. The first-order valence-corrected chi connectivity index (χ1v) is 13.1. The summed E-state index contributed by atoms with van der Waals surface area (Å²) < 4.78 is 5.27. The van der Waals surface area contributed by atoms with E-state index in [4.69, 9.17) is 4.74 Å². The summed E-state index contributed by atoms with van der Waals surface area (Å²) >= 11 is 0. The maximum atomic E-state index is 14.2. The first kappa shape index (κ1) is 23.7. The van der Waals surface area contributed by atoms with Crippen molar-refractivity contribution in [2.45, 2.75) is 31.8 Å². The molecule has 3 aliphatic heterocycles. The van der Waals surface area contributed by atoms with Crippen LogP contribution in [0.4, 0.5) is 11.4 Å². The van der Waals surface area contributed by atoms with E-state index in [2.05, 4.69) is 15.6 Å².